The smallest absolute Gasteiger partial charge is 0.119 e. The first-order valence-corrected chi connectivity index (χ1v) is 7.04. The van der Waals surface area contributed by atoms with Crippen LogP contribution < -0.4 is 10.1 Å². The minimum atomic E-state index is 0.214. The number of hydrogen-bond acceptors (Lipinski definition) is 2. The first-order valence-electron chi connectivity index (χ1n) is 7.04. The van der Waals surface area contributed by atoms with Crippen LogP contribution >= 0.6 is 0 Å². The summed E-state index contributed by atoms with van der Waals surface area (Å²) in [5.74, 6) is 0.975. The van der Waals surface area contributed by atoms with Crippen molar-refractivity contribution in [3.8, 4) is 5.75 Å². The van der Waals surface area contributed by atoms with E-state index in [0.29, 0.717) is 0 Å². The van der Waals surface area contributed by atoms with Crippen molar-refractivity contribution >= 4 is 0 Å². The molecule has 0 radical (unpaired) electrons. The quantitative estimate of drug-likeness (QED) is 0.708. The van der Waals surface area contributed by atoms with Crippen LogP contribution in [0.2, 0.25) is 0 Å². The van der Waals surface area contributed by atoms with Crippen LogP contribution in [0.25, 0.3) is 0 Å². The zero-order chi connectivity index (χ0) is 13.4. The first-order chi connectivity index (χ1) is 8.60. The van der Waals surface area contributed by atoms with Gasteiger partial charge in [-0.05, 0) is 49.0 Å². The molecule has 1 aromatic rings. The highest BCUT2D eigenvalue weighted by Crippen LogP contribution is 2.28. The van der Waals surface area contributed by atoms with Crippen molar-refractivity contribution in [1.82, 2.24) is 5.32 Å². The second kappa shape index (κ2) is 7.42. The van der Waals surface area contributed by atoms with E-state index in [1.165, 1.54) is 5.56 Å². The van der Waals surface area contributed by atoms with E-state index in [1.54, 1.807) is 0 Å². The van der Waals surface area contributed by atoms with Crippen molar-refractivity contribution in [2.24, 2.45) is 0 Å². The van der Waals surface area contributed by atoms with E-state index in [9.17, 15) is 0 Å². The number of rotatable bonds is 8. The van der Waals surface area contributed by atoms with E-state index >= 15 is 0 Å². The van der Waals surface area contributed by atoms with Crippen LogP contribution in [0.3, 0.4) is 0 Å². The molecule has 1 aromatic carbocycles. The number of benzene rings is 1. The second-order valence-electron chi connectivity index (χ2n) is 5.36. The van der Waals surface area contributed by atoms with Crippen LogP contribution in [0.4, 0.5) is 0 Å². The van der Waals surface area contributed by atoms with Crippen molar-refractivity contribution in [2.45, 2.75) is 46.0 Å². The highest BCUT2D eigenvalue weighted by molar-refractivity contribution is 5.31. The summed E-state index contributed by atoms with van der Waals surface area (Å²) >= 11 is 0. The Morgan fingerprint density at radius 2 is 1.78 bits per heavy atom. The third-order valence-corrected chi connectivity index (χ3v) is 3.29. The lowest BCUT2D eigenvalue weighted by Crippen LogP contribution is -2.25. The lowest BCUT2D eigenvalue weighted by atomic mass is 9.81. The molecule has 0 saturated heterocycles. The predicted molar refractivity (Wildman–Crippen MR) is 78.4 cm³/mol. The summed E-state index contributed by atoms with van der Waals surface area (Å²) in [6.45, 7) is 11.8. The van der Waals surface area contributed by atoms with Gasteiger partial charge >= 0.3 is 0 Å². The van der Waals surface area contributed by atoms with Crippen molar-refractivity contribution in [2.75, 3.05) is 19.7 Å². The Bertz CT molecular complexity index is 329. The maximum atomic E-state index is 5.61. The molecule has 0 aromatic heterocycles. The van der Waals surface area contributed by atoms with Crippen LogP contribution in [-0.4, -0.2) is 19.7 Å². The Balaban J connectivity index is 2.59. The second-order valence-corrected chi connectivity index (χ2v) is 5.36. The highest BCUT2D eigenvalue weighted by Gasteiger charge is 2.19. The standard InChI is InChI=1S/C16H27NO/c1-5-13-18-15-9-7-14(8-10-15)16(3,4)11-12-17-6-2/h7-10,17H,5-6,11-13H2,1-4H3. The Morgan fingerprint density at radius 1 is 1.11 bits per heavy atom. The molecule has 0 aliphatic heterocycles. The van der Waals surface area contributed by atoms with Crippen molar-refractivity contribution < 1.29 is 4.74 Å². The Hall–Kier alpha value is -1.02. The molecule has 0 fully saturated rings. The SMILES string of the molecule is CCCOc1ccc(C(C)(C)CCNCC)cc1. The van der Waals surface area contributed by atoms with Gasteiger partial charge in [0.05, 0.1) is 6.61 Å². The summed E-state index contributed by atoms with van der Waals surface area (Å²) in [4.78, 5) is 0. The topological polar surface area (TPSA) is 21.3 Å². The lowest BCUT2D eigenvalue weighted by molar-refractivity contribution is 0.317. The molecular weight excluding hydrogens is 222 g/mol. The third-order valence-electron chi connectivity index (χ3n) is 3.29. The van der Waals surface area contributed by atoms with Crippen LogP contribution in [0.15, 0.2) is 24.3 Å². The third kappa shape index (κ3) is 4.69. The summed E-state index contributed by atoms with van der Waals surface area (Å²) in [5.41, 5.74) is 1.59. The number of ether oxygens (including phenoxy) is 1. The maximum Gasteiger partial charge on any atom is 0.119 e. The molecule has 1 rings (SSSR count). The van der Waals surface area contributed by atoms with E-state index in [0.717, 1.165) is 38.3 Å². The molecular formula is C16H27NO. The van der Waals surface area contributed by atoms with Crippen LogP contribution in [-0.2, 0) is 5.41 Å². The fraction of sp³-hybridized carbons (Fsp3) is 0.625. The van der Waals surface area contributed by atoms with Crippen molar-refractivity contribution in [1.29, 1.82) is 0 Å². The maximum absolute atomic E-state index is 5.61. The average molecular weight is 249 g/mol. The fourth-order valence-electron chi connectivity index (χ4n) is 1.94. The molecule has 2 heteroatoms. The van der Waals surface area contributed by atoms with Gasteiger partial charge in [-0.3, -0.25) is 0 Å². The zero-order valence-electron chi connectivity index (χ0n) is 12.3. The minimum Gasteiger partial charge on any atom is -0.494 e. The van der Waals surface area contributed by atoms with Gasteiger partial charge in [-0.2, -0.15) is 0 Å². The Kier molecular flexibility index (Phi) is 6.20. The lowest BCUT2D eigenvalue weighted by Gasteiger charge is -2.25. The van der Waals surface area contributed by atoms with E-state index < -0.39 is 0 Å². The molecule has 0 amide bonds. The molecule has 1 N–H and O–H groups in total. The van der Waals surface area contributed by atoms with Crippen LogP contribution in [0, 0.1) is 0 Å². The van der Waals surface area contributed by atoms with Gasteiger partial charge in [0.1, 0.15) is 5.75 Å². The van der Waals surface area contributed by atoms with Crippen molar-refractivity contribution in [3.05, 3.63) is 29.8 Å². The molecule has 0 unspecified atom stereocenters. The molecule has 0 saturated carbocycles. The molecule has 0 bridgehead atoms. The van der Waals surface area contributed by atoms with Crippen LogP contribution in [0.1, 0.15) is 46.1 Å². The molecule has 0 aliphatic carbocycles. The van der Waals surface area contributed by atoms with E-state index in [4.69, 9.17) is 4.74 Å². The normalized spacial score (nSPS) is 11.6. The van der Waals surface area contributed by atoms with Gasteiger partial charge in [-0.15, -0.1) is 0 Å². The van der Waals surface area contributed by atoms with Gasteiger partial charge in [0.15, 0.2) is 0 Å². The molecule has 0 atom stereocenters. The predicted octanol–water partition coefficient (Wildman–Crippen LogP) is 3.75. The summed E-state index contributed by atoms with van der Waals surface area (Å²) in [6.07, 6.45) is 2.20. The van der Waals surface area contributed by atoms with Gasteiger partial charge in [0.2, 0.25) is 0 Å². The molecule has 102 valence electrons. The largest absolute Gasteiger partial charge is 0.494 e. The van der Waals surface area contributed by atoms with E-state index in [1.807, 2.05) is 0 Å². The first kappa shape index (κ1) is 15.0. The Morgan fingerprint density at radius 3 is 2.33 bits per heavy atom. The molecule has 0 spiro atoms. The monoisotopic (exact) mass is 249 g/mol. The van der Waals surface area contributed by atoms with Gasteiger partial charge in [-0.1, -0.05) is 39.8 Å². The van der Waals surface area contributed by atoms with E-state index in [-0.39, 0.29) is 5.41 Å². The van der Waals surface area contributed by atoms with Crippen LogP contribution in [0.5, 0.6) is 5.75 Å². The number of hydrogen-bond donors (Lipinski definition) is 1. The van der Waals surface area contributed by atoms with Gasteiger partial charge in [-0.25, -0.2) is 0 Å². The van der Waals surface area contributed by atoms with Gasteiger partial charge in [0, 0.05) is 0 Å². The molecule has 2 nitrogen and oxygen atoms in total. The highest BCUT2D eigenvalue weighted by atomic mass is 16.5. The summed E-state index contributed by atoms with van der Waals surface area (Å²) in [5, 5.41) is 3.39. The number of nitrogens with one attached hydrogen (secondary N) is 1. The fourth-order valence-corrected chi connectivity index (χ4v) is 1.94. The van der Waals surface area contributed by atoms with Gasteiger partial charge in [0.25, 0.3) is 0 Å². The Labute approximate surface area is 112 Å². The summed E-state index contributed by atoms with van der Waals surface area (Å²) in [6, 6.07) is 8.55. The zero-order valence-corrected chi connectivity index (χ0v) is 12.3. The summed E-state index contributed by atoms with van der Waals surface area (Å²) in [7, 11) is 0. The average Bonchev–Trinajstić information content (AvgIpc) is 2.37. The van der Waals surface area contributed by atoms with Gasteiger partial charge < -0.3 is 10.1 Å². The minimum absolute atomic E-state index is 0.214. The van der Waals surface area contributed by atoms with E-state index in [2.05, 4.69) is 57.3 Å². The summed E-state index contributed by atoms with van der Waals surface area (Å²) < 4.78 is 5.61. The molecule has 18 heavy (non-hydrogen) atoms. The molecule has 0 heterocycles. The van der Waals surface area contributed by atoms with Crippen molar-refractivity contribution in [3.63, 3.8) is 0 Å². The molecule has 0 aliphatic rings.